The van der Waals surface area contributed by atoms with Crippen LogP contribution in [-0.4, -0.2) is 97.6 Å². The molecule has 10 N–H and O–H groups in total. The number of aliphatic imine (C=N–C) groups is 1. The molecule has 5 aliphatic rings. The van der Waals surface area contributed by atoms with Gasteiger partial charge in [-0.25, -0.2) is 18.2 Å². The molecule has 0 unspecified atom stereocenters. The number of guanidine groups is 1. The molecule has 19 heteroatoms. The molecule has 18 nitrogen and oxygen atoms in total. The molecule has 1 aliphatic heterocycles. The SMILES string of the molecule is NC(N)=Nc1cc(NC(=O)CCCCNC(=O)C23CC4CC(CC(C4)C2)C3)cc(C(=O)NCC(=O)NC[C@H](NC(=O)[C@@H]2CCCN2S(=O)(=O)c2ccccc2)C(=O)O)c1. The predicted octanol–water partition coefficient (Wildman–Crippen LogP) is 1.30. The van der Waals surface area contributed by atoms with E-state index in [9.17, 15) is 42.3 Å². The van der Waals surface area contributed by atoms with Crippen molar-refractivity contribution in [2.24, 2.45) is 39.6 Å². The van der Waals surface area contributed by atoms with Crippen molar-refractivity contribution in [3.8, 4) is 0 Å². The van der Waals surface area contributed by atoms with E-state index in [2.05, 4.69) is 31.6 Å². The van der Waals surface area contributed by atoms with Gasteiger partial charge in [0.1, 0.15) is 12.1 Å². The first kappa shape index (κ1) is 43.0. The van der Waals surface area contributed by atoms with Gasteiger partial charge in [0.25, 0.3) is 5.91 Å². The Morgan fingerprint density at radius 3 is 2.20 bits per heavy atom. The number of nitrogens with two attached hydrogens (primary N) is 2. The number of carboxylic acid groups (broad SMARTS) is 1. The largest absolute Gasteiger partial charge is 0.480 e. The van der Waals surface area contributed by atoms with Crippen LogP contribution >= 0.6 is 0 Å². The molecule has 4 bridgehead atoms. The summed E-state index contributed by atoms with van der Waals surface area (Å²) < 4.78 is 27.4. The number of nitrogens with one attached hydrogen (secondary N) is 5. The lowest BCUT2D eigenvalue weighted by atomic mass is 9.49. The Bertz CT molecular complexity index is 2040. The first-order chi connectivity index (χ1) is 28.1. The van der Waals surface area contributed by atoms with Gasteiger partial charge in [-0.3, -0.25) is 24.0 Å². The van der Waals surface area contributed by atoms with E-state index in [4.69, 9.17) is 11.5 Å². The van der Waals surface area contributed by atoms with Crippen molar-refractivity contribution in [2.45, 2.75) is 87.6 Å². The molecular weight excluding hydrogens is 783 g/mol. The zero-order valence-corrected chi connectivity index (χ0v) is 33.6. The van der Waals surface area contributed by atoms with Crippen molar-refractivity contribution in [1.82, 2.24) is 25.6 Å². The minimum absolute atomic E-state index is 0.00333. The molecule has 59 heavy (non-hydrogen) atoms. The smallest absolute Gasteiger partial charge is 0.328 e. The number of carboxylic acids is 1. The second-order valence-corrected chi connectivity index (χ2v) is 18.1. The summed E-state index contributed by atoms with van der Waals surface area (Å²) in [5, 5.41) is 22.7. The van der Waals surface area contributed by atoms with E-state index in [1.54, 1.807) is 18.2 Å². The van der Waals surface area contributed by atoms with Crippen LogP contribution in [-0.2, 0) is 34.0 Å². The highest BCUT2D eigenvalue weighted by Gasteiger charge is 2.54. The van der Waals surface area contributed by atoms with Crippen LogP contribution in [0.25, 0.3) is 0 Å². The lowest BCUT2D eigenvalue weighted by Gasteiger charge is -2.55. The van der Waals surface area contributed by atoms with E-state index >= 15 is 0 Å². The lowest BCUT2D eigenvalue weighted by molar-refractivity contribution is -0.146. The summed E-state index contributed by atoms with van der Waals surface area (Å²) in [4.78, 5) is 81.0. The van der Waals surface area contributed by atoms with Crippen LogP contribution in [0.1, 0.15) is 81.0 Å². The number of aliphatic carboxylic acids is 1. The Hall–Kier alpha value is -5.56. The van der Waals surface area contributed by atoms with Crippen LogP contribution in [0.4, 0.5) is 11.4 Å². The van der Waals surface area contributed by atoms with Crippen molar-refractivity contribution in [3.63, 3.8) is 0 Å². The van der Waals surface area contributed by atoms with Crippen LogP contribution in [0.15, 0.2) is 58.4 Å². The van der Waals surface area contributed by atoms with E-state index in [1.807, 2.05) is 0 Å². The highest BCUT2D eigenvalue weighted by atomic mass is 32.2. The van der Waals surface area contributed by atoms with Gasteiger partial charge in [0.2, 0.25) is 33.7 Å². The minimum Gasteiger partial charge on any atom is -0.480 e. The molecule has 2 atom stereocenters. The average molecular weight is 836 g/mol. The molecule has 2 aromatic carbocycles. The third-order valence-corrected chi connectivity index (χ3v) is 13.7. The van der Waals surface area contributed by atoms with Gasteiger partial charge in [0.15, 0.2) is 5.96 Å². The molecule has 5 amide bonds. The van der Waals surface area contributed by atoms with Gasteiger partial charge in [-0.2, -0.15) is 4.31 Å². The molecule has 0 radical (unpaired) electrons. The number of benzene rings is 2. The van der Waals surface area contributed by atoms with Gasteiger partial charge >= 0.3 is 5.97 Å². The zero-order chi connectivity index (χ0) is 42.3. The average Bonchev–Trinajstić information content (AvgIpc) is 3.69. The third-order valence-electron chi connectivity index (χ3n) is 11.7. The lowest BCUT2D eigenvalue weighted by Crippen LogP contribution is -2.54. The molecule has 1 saturated heterocycles. The number of hydrogen-bond donors (Lipinski definition) is 8. The number of amides is 5. The number of rotatable bonds is 18. The van der Waals surface area contributed by atoms with Crippen molar-refractivity contribution in [1.29, 1.82) is 0 Å². The van der Waals surface area contributed by atoms with Gasteiger partial charge in [-0.15, -0.1) is 0 Å². The second-order valence-electron chi connectivity index (χ2n) is 16.2. The van der Waals surface area contributed by atoms with Crippen LogP contribution in [0.5, 0.6) is 0 Å². The minimum atomic E-state index is -4.02. The molecule has 1 heterocycles. The van der Waals surface area contributed by atoms with Crippen LogP contribution in [0.2, 0.25) is 0 Å². The van der Waals surface area contributed by atoms with Crippen molar-refractivity contribution in [2.75, 3.05) is 31.5 Å². The maximum Gasteiger partial charge on any atom is 0.328 e. The second kappa shape index (κ2) is 18.6. The van der Waals surface area contributed by atoms with Crippen LogP contribution in [0, 0.1) is 23.2 Å². The summed E-state index contributed by atoms with van der Waals surface area (Å²) in [5.41, 5.74) is 11.3. The highest BCUT2D eigenvalue weighted by molar-refractivity contribution is 7.89. The number of sulfonamides is 1. The van der Waals surface area contributed by atoms with E-state index in [0.29, 0.717) is 43.6 Å². The molecule has 0 spiro atoms. The Labute approximate surface area is 342 Å². The van der Waals surface area contributed by atoms with Gasteiger partial charge < -0.3 is 43.2 Å². The summed E-state index contributed by atoms with van der Waals surface area (Å²) in [6, 6.07) is 9.03. The fourth-order valence-electron chi connectivity index (χ4n) is 9.47. The molecule has 2 aromatic rings. The first-order valence-corrected chi connectivity index (χ1v) is 21.5. The molecule has 318 valence electrons. The highest BCUT2D eigenvalue weighted by Crippen LogP contribution is 2.60. The Kier molecular flexibility index (Phi) is 13.5. The van der Waals surface area contributed by atoms with Crippen molar-refractivity contribution < 1.29 is 42.3 Å². The fourth-order valence-corrected chi connectivity index (χ4v) is 11.1. The van der Waals surface area contributed by atoms with Crippen molar-refractivity contribution >= 4 is 62.9 Å². The molecule has 0 aromatic heterocycles. The first-order valence-electron chi connectivity index (χ1n) is 20.1. The monoisotopic (exact) mass is 835 g/mol. The van der Waals surface area contributed by atoms with E-state index in [-0.39, 0.29) is 64.4 Å². The Morgan fingerprint density at radius 1 is 0.881 bits per heavy atom. The summed E-state index contributed by atoms with van der Waals surface area (Å²) in [5.74, 6) is -2.26. The maximum atomic E-state index is 13.2. The van der Waals surface area contributed by atoms with E-state index in [1.165, 1.54) is 49.6 Å². The van der Waals surface area contributed by atoms with Crippen molar-refractivity contribution in [3.05, 3.63) is 54.1 Å². The number of nitrogens with zero attached hydrogens (tertiary/aromatic N) is 2. The number of hydrogen-bond acceptors (Lipinski definition) is 9. The summed E-state index contributed by atoms with van der Waals surface area (Å²) >= 11 is 0. The van der Waals surface area contributed by atoms with Gasteiger partial charge in [0, 0.05) is 42.7 Å². The van der Waals surface area contributed by atoms with Gasteiger partial charge in [-0.1, -0.05) is 18.2 Å². The topological polar surface area (TPSA) is 285 Å². The van der Waals surface area contributed by atoms with E-state index in [0.717, 1.165) is 23.6 Å². The third kappa shape index (κ3) is 10.7. The van der Waals surface area contributed by atoms with Gasteiger partial charge in [0.05, 0.1) is 17.1 Å². The Morgan fingerprint density at radius 2 is 1.56 bits per heavy atom. The summed E-state index contributed by atoms with van der Waals surface area (Å²) in [6.45, 7) is -0.579. The van der Waals surface area contributed by atoms with Crippen LogP contribution < -0.4 is 38.1 Å². The zero-order valence-electron chi connectivity index (χ0n) is 32.8. The standard InChI is InChI=1S/C40H53N9O9S/c41-39(42)47-29-17-27(16-28(18-29)46-33(50)10-4-5-11-43-38(56)40-19-24-13-25(20-40)15-26(14-24)21-40)35(52)45-23-34(51)44-22-31(37(54)55)48-36(53)32-9-6-12-49(32)59(57,58)30-7-2-1-3-8-30/h1-3,7-8,16-18,24-26,31-32H,4-6,9-15,19-23H2,(H,43,56)(H,44,51)(H,45,52)(H,46,50)(H,48,53)(H,54,55)(H4,41,42,47)/t24?,25?,26?,31-,32-,40?/m0/s1. The number of anilines is 1. The quantitative estimate of drug-likeness (QED) is 0.0602. The molecule has 4 aliphatic carbocycles. The molecule has 4 saturated carbocycles. The number of unbranched alkanes of at least 4 members (excludes halogenated alkanes) is 1. The number of carbonyl (C=O) groups excluding carboxylic acids is 5. The van der Waals surface area contributed by atoms with Gasteiger partial charge in [-0.05, 0) is 112 Å². The maximum absolute atomic E-state index is 13.2. The summed E-state index contributed by atoms with van der Waals surface area (Å²) in [7, 11) is -4.02. The van der Waals surface area contributed by atoms with Crippen LogP contribution in [0.3, 0.4) is 0 Å². The molecular formula is C40H53N9O9S. The fraction of sp³-hybridized carbons (Fsp3) is 0.525. The normalized spacial score (nSPS) is 23.7. The Balaban J connectivity index is 0.953. The summed E-state index contributed by atoms with van der Waals surface area (Å²) in [6.07, 6.45) is 8.61. The molecule has 5 fully saturated rings. The predicted molar refractivity (Wildman–Crippen MR) is 216 cm³/mol. The molecule has 7 rings (SSSR count). The van der Waals surface area contributed by atoms with E-state index < -0.39 is 58.9 Å². The number of carbonyl (C=O) groups is 6.